The van der Waals surface area contributed by atoms with Crippen molar-refractivity contribution in [3.8, 4) is 0 Å². The van der Waals surface area contributed by atoms with Gasteiger partial charge < -0.3 is 5.32 Å². The first-order valence-corrected chi connectivity index (χ1v) is 8.24. The molecule has 0 saturated carbocycles. The second-order valence-corrected chi connectivity index (χ2v) is 6.08. The summed E-state index contributed by atoms with van der Waals surface area (Å²) >= 11 is 1.51. The molecule has 0 atom stereocenters. The van der Waals surface area contributed by atoms with Gasteiger partial charge in [0.15, 0.2) is 0 Å². The van der Waals surface area contributed by atoms with Gasteiger partial charge in [-0.25, -0.2) is 9.37 Å². The summed E-state index contributed by atoms with van der Waals surface area (Å²) in [7, 11) is 0. The number of rotatable bonds is 5. The zero-order chi connectivity index (χ0) is 16.1. The molecule has 0 radical (unpaired) electrons. The molecule has 0 bridgehead atoms. The highest BCUT2D eigenvalue weighted by Crippen LogP contribution is 2.21. The number of para-hydroxylation sites is 2. The van der Waals surface area contributed by atoms with Gasteiger partial charge in [0.05, 0.1) is 16.2 Å². The summed E-state index contributed by atoms with van der Waals surface area (Å²) in [5.41, 5.74) is 1.15. The number of nitrogens with zero attached hydrogens (tertiary/aromatic N) is 1. The number of thioether (sulfide) groups is 1. The molecule has 1 amide bonds. The van der Waals surface area contributed by atoms with Crippen LogP contribution in [-0.4, -0.2) is 16.6 Å². The summed E-state index contributed by atoms with van der Waals surface area (Å²) in [6.45, 7) is 0. The number of fused-ring (bicyclic) bond motifs is 1. The van der Waals surface area contributed by atoms with Crippen molar-refractivity contribution in [1.29, 1.82) is 0 Å². The SMILES string of the molecule is O=C(CCSc1ccc2ccccc2n1)Nc1ccccc1F. The molecule has 0 saturated heterocycles. The van der Waals surface area contributed by atoms with Crippen LogP contribution < -0.4 is 5.32 Å². The number of pyridine rings is 1. The molecule has 0 aliphatic heterocycles. The maximum Gasteiger partial charge on any atom is 0.225 e. The van der Waals surface area contributed by atoms with Crippen LogP contribution >= 0.6 is 11.8 Å². The monoisotopic (exact) mass is 326 g/mol. The molecule has 0 unspecified atom stereocenters. The molecule has 5 heteroatoms. The van der Waals surface area contributed by atoms with Crippen LogP contribution in [0, 0.1) is 5.82 Å². The van der Waals surface area contributed by atoms with Crippen LogP contribution in [0.3, 0.4) is 0 Å². The van der Waals surface area contributed by atoms with Gasteiger partial charge in [0.2, 0.25) is 5.91 Å². The fraction of sp³-hybridized carbons (Fsp3) is 0.111. The third-order valence-electron chi connectivity index (χ3n) is 3.30. The predicted molar refractivity (Wildman–Crippen MR) is 92.1 cm³/mol. The van der Waals surface area contributed by atoms with Gasteiger partial charge in [-0.15, -0.1) is 11.8 Å². The van der Waals surface area contributed by atoms with Gasteiger partial charge in [-0.1, -0.05) is 36.4 Å². The van der Waals surface area contributed by atoms with Crippen LogP contribution in [0.4, 0.5) is 10.1 Å². The summed E-state index contributed by atoms with van der Waals surface area (Å²) in [6.07, 6.45) is 0.299. The smallest absolute Gasteiger partial charge is 0.225 e. The average Bonchev–Trinajstić information content (AvgIpc) is 2.57. The van der Waals surface area contributed by atoms with E-state index in [4.69, 9.17) is 0 Å². The number of amides is 1. The molecule has 1 aromatic heterocycles. The van der Waals surface area contributed by atoms with E-state index in [1.165, 1.54) is 17.8 Å². The molecule has 0 aliphatic carbocycles. The molecule has 116 valence electrons. The number of halogens is 1. The van der Waals surface area contributed by atoms with Crippen LogP contribution in [0.5, 0.6) is 0 Å². The quantitative estimate of drug-likeness (QED) is 0.702. The van der Waals surface area contributed by atoms with Crippen molar-refractivity contribution < 1.29 is 9.18 Å². The summed E-state index contributed by atoms with van der Waals surface area (Å²) in [6, 6.07) is 18.0. The summed E-state index contributed by atoms with van der Waals surface area (Å²) in [5, 5.41) is 4.55. The minimum Gasteiger partial charge on any atom is -0.324 e. The first-order valence-electron chi connectivity index (χ1n) is 7.25. The second-order valence-electron chi connectivity index (χ2n) is 4.97. The van der Waals surface area contributed by atoms with E-state index in [0.717, 1.165) is 15.9 Å². The highest BCUT2D eigenvalue weighted by molar-refractivity contribution is 7.99. The van der Waals surface area contributed by atoms with Crippen molar-refractivity contribution in [3.63, 3.8) is 0 Å². The fourth-order valence-corrected chi connectivity index (χ4v) is 2.98. The van der Waals surface area contributed by atoms with Crippen molar-refractivity contribution >= 4 is 34.3 Å². The van der Waals surface area contributed by atoms with E-state index in [9.17, 15) is 9.18 Å². The molecular formula is C18H15FN2OS. The van der Waals surface area contributed by atoms with E-state index in [2.05, 4.69) is 10.3 Å². The van der Waals surface area contributed by atoms with E-state index < -0.39 is 5.82 Å². The topological polar surface area (TPSA) is 42.0 Å². The van der Waals surface area contributed by atoms with Crippen LogP contribution in [0.1, 0.15) is 6.42 Å². The number of hydrogen-bond donors (Lipinski definition) is 1. The van der Waals surface area contributed by atoms with E-state index in [0.29, 0.717) is 12.2 Å². The van der Waals surface area contributed by atoms with Gasteiger partial charge >= 0.3 is 0 Å². The lowest BCUT2D eigenvalue weighted by Crippen LogP contribution is -2.13. The van der Waals surface area contributed by atoms with Crippen molar-refractivity contribution in [3.05, 3.63) is 66.5 Å². The minimum atomic E-state index is -0.426. The van der Waals surface area contributed by atoms with Crippen molar-refractivity contribution in [1.82, 2.24) is 4.98 Å². The molecule has 0 aliphatic rings. The molecule has 1 N–H and O–H groups in total. The molecular weight excluding hydrogens is 311 g/mol. The Morgan fingerprint density at radius 2 is 1.83 bits per heavy atom. The van der Waals surface area contributed by atoms with E-state index in [1.807, 2.05) is 36.4 Å². The number of hydrogen-bond acceptors (Lipinski definition) is 3. The molecule has 3 rings (SSSR count). The van der Waals surface area contributed by atoms with Crippen LogP contribution in [0.15, 0.2) is 65.7 Å². The fourth-order valence-electron chi connectivity index (χ4n) is 2.15. The number of carbonyl (C=O) groups is 1. The normalized spacial score (nSPS) is 10.7. The Bertz CT molecular complexity index is 838. The lowest BCUT2D eigenvalue weighted by Gasteiger charge is -2.06. The van der Waals surface area contributed by atoms with Crippen LogP contribution in [0.25, 0.3) is 10.9 Å². The number of carbonyl (C=O) groups excluding carboxylic acids is 1. The molecule has 2 aromatic carbocycles. The van der Waals surface area contributed by atoms with Crippen LogP contribution in [0.2, 0.25) is 0 Å². The number of benzene rings is 2. The van der Waals surface area contributed by atoms with Gasteiger partial charge in [-0.05, 0) is 24.3 Å². The molecule has 0 fully saturated rings. The Hall–Kier alpha value is -2.40. The zero-order valence-electron chi connectivity index (χ0n) is 12.3. The van der Waals surface area contributed by atoms with Gasteiger partial charge in [-0.3, -0.25) is 4.79 Å². The molecule has 0 spiro atoms. The zero-order valence-corrected chi connectivity index (χ0v) is 13.1. The lowest BCUT2D eigenvalue weighted by molar-refractivity contribution is -0.115. The summed E-state index contributed by atoms with van der Waals surface area (Å²) < 4.78 is 13.5. The molecule has 23 heavy (non-hydrogen) atoms. The molecule has 3 aromatic rings. The minimum absolute atomic E-state index is 0.205. The first-order chi connectivity index (χ1) is 11.2. The maximum absolute atomic E-state index is 13.5. The van der Waals surface area contributed by atoms with E-state index >= 15 is 0 Å². The van der Waals surface area contributed by atoms with Crippen molar-refractivity contribution in [2.24, 2.45) is 0 Å². The average molecular weight is 326 g/mol. The van der Waals surface area contributed by atoms with E-state index in [1.54, 1.807) is 18.2 Å². The largest absolute Gasteiger partial charge is 0.324 e. The Morgan fingerprint density at radius 3 is 2.70 bits per heavy atom. The number of aromatic nitrogens is 1. The lowest BCUT2D eigenvalue weighted by atomic mass is 10.2. The van der Waals surface area contributed by atoms with Gasteiger partial charge in [-0.2, -0.15) is 0 Å². The molecule has 1 heterocycles. The second kappa shape index (κ2) is 7.24. The summed E-state index contributed by atoms with van der Waals surface area (Å²) in [5.74, 6) is -0.0425. The van der Waals surface area contributed by atoms with Crippen molar-refractivity contribution in [2.75, 3.05) is 11.1 Å². The van der Waals surface area contributed by atoms with E-state index in [-0.39, 0.29) is 11.6 Å². The van der Waals surface area contributed by atoms with Crippen LogP contribution in [-0.2, 0) is 4.79 Å². The Balaban J connectivity index is 1.54. The number of anilines is 1. The maximum atomic E-state index is 13.5. The first kappa shape index (κ1) is 15.5. The molecule has 3 nitrogen and oxygen atoms in total. The van der Waals surface area contributed by atoms with Crippen molar-refractivity contribution in [2.45, 2.75) is 11.4 Å². The Kier molecular flexibility index (Phi) is 4.88. The van der Waals surface area contributed by atoms with Gasteiger partial charge in [0.25, 0.3) is 0 Å². The highest BCUT2D eigenvalue weighted by atomic mass is 32.2. The predicted octanol–water partition coefficient (Wildman–Crippen LogP) is 4.49. The Labute approximate surface area is 137 Å². The standard InChI is InChI=1S/C18H15FN2OS/c19-14-6-2-4-8-16(14)20-17(22)11-12-23-18-10-9-13-5-1-3-7-15(13)21-18/h1-10H,11-12H2,(H,20,22). The number of nitrogens with one attached hydrogen (secondary N) is 1. The third-order valence-corrected chi connectivity index (χ3v) is 4.23. The van der Waals surface area contributed by atoms with Gasteiger partial charge in [0.1, 0.15) is 5.82 Å². The summed E-state index contributed by atoms with van der Waals surface area (Å²) in [4.78, 5) is 16.4. The highest BCUT2D eigenvalue weighted by Gasteiger charge is 2.07. The Morgan fingerprint density at radius 1 is 1.04 bits per heavy atom. The third kappa shape index (κ3) is 4.07. The van der Waals surface area contributed by atoms with Gasteiger partial charge in [0, 0.05) is 17.6 Å².